The zero-order valence-electron chi connectivity index (χ0n) is 17.0. The highest BCUT2D eigenvalue weighted by atomic mass is 32.2. The molecular weight excluding hydrogens is 362 g/mol. The Morgan fingerprint density at radius 2 is 1.96 bits per heavy atom. The lowest BCUT2D eigenvalue weighted by atomic mass is 10.1. The van der Waals surface area contributed by atoms with E-state index >= 15 is 0 Å². The summed E-state index contributed by atoms with van der Waals surface area (Å²) in [7, 11) is 0.360. The first-order valence-electron chi connectivity index (χ1n) is 9.46. The van der Waals surface area contributed by atoms with Crippen molar-refractivity contribution in [2.75, 3.05) is 19.9 Å². The van der Waals surface area contributed by atoms with Gasteiger partial charge in [0, 0.05) is 24.7 Å². The molecule has 1 atom stereocenters. The van der Waals surface area contributed by atoms with E-state index in [0.717, 1.165) is 29.8 Å². The molecule has 0 aliphatic heterocycles. The summed E-state index contributed by atoms with van der Waals surface area (Å²) < 4.78 is 32.2. The first-order chi connectivity index (χ1) is 12.9. The first kappa shape index (κ1) is 21.4. The maximum absolute atomic E-state index is 12.4. The molecule has 0 radical (unpaired) electrons. The lowest BCUT2D eigenvalue weighted by molar-refractivity contribution is 0.240. The van der Waals surface area contributed by atoms with Gasteiger partial charge in [0.25, 0.3) is 0 Å². The fraction of sp³-hybridized carbons (Fsp3) is 0.550. The number of sulfone groups is 1. The van der Waals surface area contributed by atoms with Crippen LogP contribution in [0.25, 0.3) is 0 Å². The number of rotatable bonds is 10. The van der Waals surface area contributed by atoms with Crippen molar-refractivity contribution in [2.24, 2.45) is 0 Å². The van der Waals surface area contributed by atoms with Crippen LogP contribution in [0.3, 0.4) is 0 Å². The predicted molar refractivity (Wildman–Crippen MR) is 108 cm³/mol. The molecule has 0 amide bonds. The van der Waals surface area contributed by atoms with Crippen LogP contribution in [0.2, 0.25) is 0 Å². The van der Waals surface area contributed by atoms with E-state index in [9.17, 15) is 8.42 Å². The van der Waals surface area contributed by atoms with E-state index in [-0.39, 0.29) is 17.0 Å². The minimum atomic E-state index is -3.34. The number of imidazole rings is 1. The summed E-state index contributed by atoms with van der Waals surface area (Å²) in [6, 6.07) is 8.08. The molecule has 0 saturated heterocycles. The van der Waals surface area contributed by atoms with E-state index in [4.69, 9.17) is 4.74 Å². The van der Waals surface area contributed by atoms with E-state index in [1.54, 1.807) is 20.2 Å². The predicted octanol–water partition coefficient (Wildman–Crippen LogP) is 3.68. The van der Waals surface area contributed by atoms with E-state index in [0.29, 0.717) is 13.1 Å². The third-order valence-electron chi connectivity index (χ3n) is 4.96. The number of ether oxygens (including phenoxy) is 1. The Labute approximate surface area is 163 Å². The van der Waals surface area contributed by atoms with Gasteiger partial charge in [0.05, 0.1) is 24.8 Å². The highest BCUT2D eigenvalue weighted by Gasteiger charge is 2.23. The van der Waals surface area contributed by atoms with E-state index < -0.39 is 9.84 Å². The lowest BCUT2D eigenvalue weighted by Crippen LogP contribution is -2.24. The molecule has 0 fully saturated rings. The number of aromatic nitrogens is 2. The second-order valence-electron chi connectivity index (χ2n) is 6.77. The van der Waals surface area contributed by atoms with Gasteiger partial charge in [-0.05, 0) is 26.5 Å². The van der Waals surface area contributed by atoms with E-state index in [2.05, 4.69) is 29.8 Å². The zero-order chi connectivity index (χ0) is 20.0. The van der Waals surface area contributed by atoms with Crippen LogP contribution in [0.4, 0.5) is 0 Å². The molecule has 0 N–H and O–H groups in total. The summed E-state index contributed by atoms with van der Waals surface area (Å²) in [6.07, 6.45) is 3.61. The number of nitrogens with zero attached hydrogens (tertiary/aromatic N) is 3. The largest absolute Gasteiger partial charge is 0.496 e. The molecule has 0 aliphatic carbocycles. The minimum Gasteiger partial charge on any atom is -0.496 e. The summed E-state index contributed by atoms with van der Waals surface area (Å²) in [4.78, 5) is 6.43. The Morgan fingerprint density at radius 1 is 1.26 bits per heavy atom. The summed E-state index contributed by atoms with van der Waals surface area (Å²) >= 11 is 0. The summed E-state index contributed by atoms with van der Waals surface area (Å²) in [5, 5.41) is 0.187. The van der Waals surface area contributed by atoms with Crippen LogP contribution in [0, 0.1) is 0 Å². The second-order valence-corrected chi connectivity index (χ2v) is 8.95. The molecule has 0 aliphatic rings. The molecule has 150 valence electrons. The molecule has 2 aromatic rings. The number of benzene rings is 1. The fourth-order valence-electron chi connectivity index (χ4n) is 3.09. The molecular formula is C20H31N3O3S. The van der Waals surface area contributed by atoms with E-state index in [1.807, 2.05) is 29.8 Å². The Kier molecular flexibility index (Phi) is 7.44. The van der Waals surface area contributed by atoms with Crippen LogP contribution < -0.4 is 4.74 Å². The first-order valence-corrected chi connectivity index (χ1v) is 11.1. The molecule has 0 bridgehead atoms. The Hall–Kier alpha value is -1.86. The maximum atomic E-state index is 12.4. The van der Waals surface area contributed by atoms with Gasteiger partial charge in [-0.25, -0.2) is 13.4 Å². The molecule has 0 saturated carbocycles. The third-order valence-corrected chi connectivity index (χ3v) is 6.60. The van der Waals surface area contributed by atoms with Crippen LogP contribution in [0.1, 0.15) is 50.9 Å². The van der Waals surface area contributed by atoms with Gasteiger partial charge in [-0.1, -0.05) is 38.5 Å². The number of unbranched alkanes of at least 4 members (excludes halogenated alkanes) is 1. The molecule has 7 heteroatoms. The molecule has 1 heterocycles. The Bertz CT molecular complexity index is 846. The topological polar surface area (TPSA) is 64.4 Å². The monoisotopic (exact) mass is 393 g/mol. The smallest absolute Gasteiger partial charge is 0.227 e. The number of methoxy groups -OCH3 is 1. The van der Waals surface area contributed by atoms with Crippen molar-refractivity contribution in [3.63, 3.8) is 0 Å². The van der Waals surface area contributed by atoms with Gasteiger partial charge in [0.1, 0.15) is 5.75 Å². The quantitative estimate of drug-likeness (QED) is 0.616. The van der Waals surface area contributed by atoms with Gasteiger partial charge >= 0.3 is 0 Å². The highest BCUT2D eigenvalue weighted by Crippen LogP contribution is 2.29. The van der Waals surface area contributed by atoms with Crippen LogP contribution in [-0.4, -0.2) is 42.8 Å². The lowest BCUT2D eigenvalue weighted by Gasteiger charge is -2.26. The molecule has 1 aromatic heterocycles. The van der Waals surface area contributed by atoms with Gasteiger partial charge in [-0.3, -0.25) is 4.90 Å². The van der Waals surface area contributed by atoms with Crippen molar-refractivity contribution in [1.82, 2.24) is 14.5 Å². The van der Waals surface area contributed by atoms with Crippen molar-refractivity contribution in [3.8, 4) is 5.75 Å². The van der Waals surface area contributed by atoms with E-state index in [1.165, 1.54) is 0 Å². The van der Waals surface area contributed by atoms with Gasteiger partial charge in [-0.2, -0.15) is 0 Å². The average Bonchev–Trinajstić information content (AvgIpc) is 3.08. The Morgan fingerprint density at radius 3 is 2.59 bits per heavy atom. The van der Waals surface area contributed by atoms with Gasteiger partial charge < -0.3 is 9.30 Å². The Balaban J connectivity index is 2.30. The SMILES string of the molecule is CCCCn1c(CN(C)[C@H](C)c2ccccc2OC)cnc1S(=O)(=O)CC. The minimum absolute atomic E-state index is 0.0586. The summed E-state index contributed by atoms with van der Waals surface area (Å²) in [6.45, 7) is 7.14. The normalized spacial score (nSPS) is 13.1. The average molecular weight is 394 g/mol. The van der Waals surface area contributed by atoms with Crippen LogP contribution in [0.5, 0.6) is 5.75 Å². The van der Waals surface area contributed by atoms with Crippen LogP contribution >= 0.6 is 0 Å². The number of hydrogen-bond donors (Lipinski definition) is 0. The summed E-state index contributed by atoms with van der Waals surface area (Å²) in [5.41, 5.74) is 2.02. The summed E-state index contributed by atoms with van der Waals surface area (Å²) in [5.74, 6) is 0.911. The third kappa shape index (κ3) is 4.90. The van der Waals surface area contributed by atoms with Crippen molar-refractivity contribution in [3.05, 3.63) is 41.7 Å². The molecule has 1 aromatic carbocycles. The molecule has 2 rings (SSSR count). The molecule has 0 unspecified atom stereocenters. The molecule has 0 spiro atoms. The number of para-hydroxylation sites is 1. The van der Waals surface area contributed by atoms with Gasteiger partial charge in [-0.15, -0.1) is 0 Å². The van der Waals surface area contributed by atoms with Gasteiger partial charge in [0.2, 0.25) is 15.0 Å². The van der Waals surface area contributed by atoms with Crippen molar-refractivity contribution < 1.29 is 13.2 Å². The van der Waals surface area contributed by atoms with Gasteiger partial charge in [0.15, 0.2) is 0 Å². The van der Waals surface area contributed by atoms with Crippen molar-refractivity contribution >= 4 is 9.84 Å². The zero-order valence-corrected chi connectivity index (χ0v) is 17.8. The maximum Gasteiger partial charge on any atom is 0.227 e. The standard InChI is InChI=1S/C20H31N3O3S/c1-6-8-13-23-17(14-21-20(23)27(24,25)7-2)15-22(4)16(3)18-11-9-10-12-19(18)26-5/h9-12,14,16H,6-8,13,15H2,1-5H3/t16-/m1/s1. The highest BCUT2D eigenvalue weighted by molar-refractivity contribution is 7.91. The molecule has 27 heavy (non-hydrogen) atoms. The van der Waals surface area contributed by atoms with Crippen LogP contribution in [0.15, 0.2) is 35.6 Å². The van der Waals surface area contributed by atoms with Crippen molar-refractivity contribution in [1.29, 1.82) is 0 Å². The van der Waals surface area contributed by atoms with Crippen LogP contribution in [-0.2, 0) is 22.9 Å². The van der Waals surface area contributed by atoms with Crippen molar-refractivity contribution in [2.45, 2.75) is 57.9 Å². The fourth-order valence-corrected chi connectivity index (χ4v) is 4.11. The molecule has 6 nitrogen and oxygen atoms in total. The number of hydrogen-bond acceptors (Lipinski definition) is 5. The second kappa shape index (κ2) is 9.37.